The number of hydrogen-bond acceptors (Lipinski definition) is 4. The third-order valence-electron chi connectivity index (χ3n) is 5.26. The van der Waals surface area contributed by atoms with Gasteiger partial charge in [-0.15, -0.1) is 0 Å². The van der Waals surface area contributed by atoms with Crippen molar-refractivity contribution in [2.24, 2.45) is 4.99 Å². The van der Waals surface area contributed by atoms with Crippen LogP contribution in [0.15, 0.2) is 52.1 Å². The van der Waals surface area contributed by atoms with E-state index in [0.717, 1.165) is 50.4 Å². The summed E-state index contributed by atoms with van der Waals surface area (Å²) in [6.45, 7) is 8.05. The second kappa shape index (κ2) is 11.3. The Labute approximate surface area is 178 Å². The molecule has 1 amide bonds. The lowest BCUT2D eigenvalue weighted by Crippen LogP contribution is -2.48. The number of carbonyl (C=O) groups excluding carboxylic acids is 1. The van der Waals surface area contributed by atoms with Crippen LogP contribution in [-0.4, -0.2) is 50.6 Å². The molecule has 2 aromatic rings. The zero-order valence-electron chi connectivity index (χ0n) is 18.0. The topological polar surface area (TPSA) is 81.9 Å². The van der Waals surface area contributed by atoms with Gasteiger partial charge < -0.3 is 25.3 Å². The first-order valence-corrected chi connectivity index (χ1v) is 10.8. The summed E-state index contributed by atoms with van der Waals surface area (Å²) in [6, 6.07) is 12.8. The van der Waals surface area contributed by atoms with E-state index in [4.69, 9.17) is 4.42 Å². The van der Waals surface area contributed by atoms with Gasteiger partial charge in [-0.25, -0.2) is 0 Å². The van der Waals surface area contributed by atoms with E-state index in [1.807, 2.05) is 6.92 Å². The van der Waals surface area contributed by atoms with Crippen LogP contribution in [0.1, 0.15) is 42.3 Å². The van der Waals surface area contributed by atoms with Gasteiger partial charge in [0.1, 0.15) is 0 Å². The van der Waals surface area contributed by atoms with E-state index in [9.17, 15) is 4.79 Å². The van der Waals surface area contributed by atoms with E-state index in [2.05, 4.69) is 63.1 Å². The summed E-state index contributed by atoms with van der Waals surface area (Å²) >= 11 is 0. The van der Waals surface area contributed by atoms with Crippen LogP contribution in [0, 0.1) is 6.92 Å². The Morgan fingerprint density at radius 3 is 2.60 bits per heavy atom. The fourth-order valence-electron chi connectivity index (χ4n) is 3.59. The summed E-state index contributed by atoms with van der Waals surface area (Å²) in [7, 11) is 0. The van der Waals surface area contributed by atoms with Crippen LogP contribution >= 0.6 is 0 Å². The van der Waals surface area contributed by atoms with Crippen molar-refractivity contribution in [2.45, 2.75) is 39.2 Å². The number of hydrogen-bond donors (Lipinski definition) is 3. The predicted molar refractivity (Wildman–Crippen MR) is 121 cm³/mol. The Balaban J connectivity index is 1.39. The van der Waals surface area contributed by atoms with Crippen molar-refractivity contribution in [2.75, 3.05) is 37.6 Å². The van der Waals surface area contributed by atoms with Gasteiger partial charge in [0.25, 0.3) is 5.91 Å². The molecule has 7 nitrogen and oxygen atoms in total. The van der Waals surface area contributed by atoms with Crippen molar-refractivity contribution in [3.05, 3.63) is 54.0 Å². The molecule has 1 aliphatic heterocycles. The minimum Gasteiger partial charge on any atom is -0.459 e. The van der Waals surface area contributed by atoms with Gasteiger partial charge in [0.05, 0.1) is 6.26 Å². The summed E-state index contributed by atoms with van der Waals surface area (Å²) in [4.78, 5) is 19.2. The molecular formula is C23H33N5O2. The van der Waals surface area contributed by atoms with E-state index in [1.54, 1.807) is 6.07 Å². The minimum atomic E-state index is -0.170. The van der Waals surface area contributed by atoms with E-state index in [-0.39, 0.29) is 5.91 Å². The molecule has 3 N–H and O–H groups in total. The molecule has 1 saturated heterocycles. The maximum Gasteiger partial charge on any atom is 0.287 e. The van der Waals surface area contributed by atoms with Gasteiger partial charge in [0.15, 0.2) is 11.7 Å². The minimum absolute atomic E-state index is 0.170. The molecule has 1 aromatic heterocycles. The first kappa shape index (κ1) is 21.7. The summed E-state index contributed by atoms with van der Waals surface area (Å²) < 4.78 is 5.21. The van der Waals surface area contributed by atoms with Gasteiger partial charge in [-0.05, 0) is 51.3 Å². The fourth-order valence-corrected chi connectivity index (χ4v) is 3.59. The van der Waals surface area contributed by atoms with Crippen molar-refractivity contribution in [3.63, 3.8) is 0 Å². The number of para-hydroxylation sites is 1. The highest BCUT2D eigenvalue weighted by Gasteiger charge is 2.20. The molecular weight excluding hydrogens is 378 g/mol. The molecule has 0 aliphatic carbocycles. The van der Waals surface area contributed by atoms with Crippen molar-refractivity contribution >= 4 is 17.6 Å². The maximum absolute atomic E-state index is 12.0. The van der Waals surface area contributed by atoms with Crippen LogP contribution in [-0.2, 0) is 0 Å². The van der Waals surface area contributed by atoms with Gasteiger partial charge in [-0.1, -0.05) is 18.2 Å². The number of aryl methyl sites for hydroxylation is 1. The van der Waals surface area contributed by atoms with E-state index in [0.29, 0.717) is 24.9 Å². The molecule has 1 aromatic carbocycles. The predicted octanol–water partition coefficient (Wildman–Crippen LogP) is 2.93. The molecule has 0 radical (unpaired) electrons. The van der Waals surface area contributed by atoms with Crippen LogP contribution in [0.4, 0.5) is 5.69 Å². The zero-order valence-corrected chi connectivity index (χ0v) is 18.0. The summed E-state index contributed by atoms with van der Waals surface area (Å²) in [5.74, 6) is 1.07. The molecule has 7 heteroatoms. The largest absolute Gasteiger partial charge is 0.459 e. The van der Waals surface area contributed by atoms with Crippen LogP contribution in [0.5, 0.6) is 0 Å². The van der Waals surface area contributed by atoms with Crippen LogP contribution < -0.4 is 20.9 Å². The summed E-state index contributed by atoms with van der Waals surface area (Å²) in [5.41, 5.74) is 2.14. The number of rotatable bonds is 8. The van der Waals surface area contributed by atoms with Crippen molar-refractivity contribution < 1.29 is 9.21 Å². The number of guanidine groups is 1. The number of piperidine rings is 1. The SMILES string of the molecule is CCNC(=NCCCNC(=O)c1occc1C)NC1CCN(c2ccccc2)CC1. The average molecular weight is 412 g/mol. The second-order valence-corrected chi connectivity index (χ2v) is 7.54. The number of anilines is 1. The number of benzene rings is 1. The Hall–Kier alpha value is -2.96. The molecule has 3 rings (SSSR count). The fraction of sp³-hybridized carbons (Fsp3) is 0.478. The number of aliphatic imine (C=N–C) groups is 1. The van der Waals surface area contributed by atoms with Crippen LogP contribution in [0.25, 0.3) is 0 Å². The second-order valence-electron chi connectivity index (χ2n) is 7.54. The molecule has 0 spiro atoms. The normalized spacial score (nSPS) is 15.1. The molecule has 0 saturated carbocycles. The number of furan rings is 1. The monoisotopic (exact) mass is 411 g/mol. The first-order valence-electron chi connectivity index (χ1n) is 10.8. The third kappa shape index (κ3) is 6.27. The first-order chi connectivity index (χ1) is 14.7. The molecule has 2 heterocycles. The van der Waals surface area contributed by atoms with Crippen LogP contribution in [0.3, 0.4) is 0 Å². The van der Waals surface area contributed by atoms with E-state index < -0.39 is 0 Å². The molecule has 1 aliphatic rings. The summed E-state index contributed by atoms with van der Waals surface area (Å²) in [5, 5.41) is 9.78. The van der Waals surface area contributed by atoms with Gasteiger partial charge in [-0.2, -0.15) is 0 Å². The quantitative estimate of drug-likeness (QED) is 0.353. The maximum atomic E-state index is 12.0. The number of nitrogens with one attached hydrogen (secondary N) is 3. The van der Waals surface area contributed by atoms with Crippen molar-refractivity contribution in [3.8, 4) is 0 Å². The number of amides is 1. The highest BCUT2D eigenvalue weighted by Crippen LogP contribution is 2.19. The highest BCUT2D eigenvalue weighted by atomic mass is 16.3. The molecule has 0 atom stereocenters. The van der Waals surface area contributed by atoms with E-state index >= 15 is 0 Å². The highest BCUT2D eigenvalue weighted by molar-refractivity contribution is 5.92. The van der Waals surface area contributed by atoms with Crippen LogP contribution in [0.2, 0.25) is 0 Å². The smallest absolute Gasteiger partial charge is 0.287 e. The molecule has 1 fully saturated rings. The zero-order chi connectivity index (χ0) is 21.2. The molecule has 162 valence electrons. The molecule has 30 heavy (non-hydrogen) atoms. The molecule has 0 bridgehead atoms. The number of carbonyl (C=O) groups is 1. The van der Waals surface area contributed by atoms with Gasteiger partial charge in [0, 0.05) is 50.0 Å². The Morgan fingerprint density at radius 2 is 1.93 bits per heavy atom. The van der Waals surface area contributed by atoms with Crippen molar-refractivity contribution in [1.82, 2.24) is 16.0 Å². The Bertz CT molecular complexity index is 810. The lowest BCUT2D eigenvalue weighted by molar-refractivity contribution is 0.0925. The van der Waals surface area contributed by atoms with Gasteiger partial charge >= 0.3 is 0 Å². The van der Waals surface area contributed by atoms with E-state index in [1.165, 1.54) is 12.0 Å². The third-order valence-corrected chi connectivity index (χ3v) is 5.26. The molecule has 0 unspecified atom stereocenters. The van der Waals surface area contributed by atoms with Gasteiger partial charge in [0.2, 0.25) is 0 Å². The Morgan fingerprint density at radius 1 is 1.17 bits per heavy atom. The standard InChI is InChI=1S/C23H33N5O2/c1-3-24-23(26-14-7-13-25-22(29)21-18(2)12-17-30-21)27-19-10-15-28(16-11-19)20-8-5-4-6-9-20/h4-6,8-9,12,17,19H,3,7,10-11,13-16H2,1-2H3,(H,25,29)(H2,24,26,27). The summed E-state index contributed by atoms with van der Waals surface area (Å²) in [6.07, 6.45) is 4.47. The average Bonchev–Trinajstić information content (AvgIpc) is 3.20. The van der Waals surface area contributed by atoms with Gasteiger partial charge in [-0.3, -0.25) is 9.79 Å². The lowest BCUT2D eigenvalue weighted by atomic mass is 10.0. The Kier molecular flexibility index (Phi) is 8.18. The lowest BCUT2D eigenvalue weighted by Gasteiger charge is -2.34. The van der Waals surface area contributed by atoms with Crippen molar-refractivity contribution in [1.29, 1.82) is 0 Å². The number of nitrogens with zero attached hydrogens (tertiary/aromatic N) is 2.